The Morgan fingerprint density at radius 3 is 2.86 bits per heavy atom. The van der Waals surface area contributed by atoms with Crippen molar-refractivity contribution in [2.24, 2.45) is 11.3 Å². The molecule has 3 aromatic rings. The molecule has 0 bridgehead atoms. The van der Waals surface area contributed by atoms with Crippen LogP contribution in [-0.4, -0.2) is 46.9 Å². The normalized spacial score (nSPS) is 24.1. The quantitative estimate of drug-likeness (QED) is 0.621. The predicted molar refractivity (Wildman–Crippen MR) is 113 cm³/mol. The summed E-state index contributed by atoms with van der Waals surface area (Å²) in [5, 5.41) is 2.14. The highest BCUT2D eigenvalue weighted by atomic mass is 32.1. The van der Waals surface area contributed by atoms with Crippen LogP contribution in [0.4, 0.5) is 0 Å². The maximum Gasteiger partial charge on any atom is 0.257 e. The van der Waals surface area contributed by atoms with E-state index in [9.17, 15) is 4.79 Å². The number of nitrogens with zero attached hydrogens (tertiary/aromatic N) is 3. The van der Waals surface area contributed by atoms with Gasteiger partial charge in [-0.2, -0.15) is 0 Å². The molecule has 0 spiro atoms. The number of aryl methyl sites for hydroxylation is 1. The maximum absolute atomic E-state index is 12.9. The molecular formula is C23H25N3O2S. The molecule has 5 nitrogen and oxygen atoms in total. The van der Waals surface area contributed by atoms with Crippen molar-refractivity contribution in [1.29, 1.82) is 0 Å². The first-order valence-corrected chi connectivity index (χ1v) is 11.1. The Balaban J connectivity index is 1.34. The SMILES string of the molecule is O=C(c1ccoc1)N1C[C@@H]2CN(Cc3cscn3)C[C@]2(CCc2ccccc2)C1. The molecular weight excluding hydrogens is 382 g/mol. The van der Waals surface area contributed by atoms with Gasteiger partial charge in [0, 0.05) is 43.5 Å². The van der Waals surface area contributed by atoms with Crippen LogP contribution in [0.1, 0.15) is 28.0 Å². The zero-order chi connectivity index (χ0) is 19.7. The number of hydrogen-bond acceptors (Lipinski definition) is 5. The maximum atomic E-state index is 12.9. The van der Waals surface area contributed by atoms with Crippen LogP contribution in [0.5, 0.6) is 0 Å². The lowest BCUT2D eigenvalue weighted by Crippen LogP contribution is -2.37. The van der Waals surface area contributed by atoms with Gasteiger partial charge in [-0.15, -0.1) is 11.3 Å². The Hall–Kier alpha value is -2.44. The van der Waals surface area contributed by atoms with Crippen molar-refractivity contribution >= 4 is 17.2 Å². The van der Waals surface area contributed by atoms with Crippen molar-refractivity contribution in [2.75, 3.05) is 26.2 Å². The van der Waals surface area contributed by atoms with Gasteiger partial charge >= 0.3 is 0 Å². The molecule has 4 heterocycles. The van der Waals surface area contributed by atoms with E-state index in [4.69, 9.17) is 4.42 Å². The van der Waals surface area contributed by atoms with E-state index in [-0.39, 0.29) is 11.3 Å². The first-order valence-electron chi connectivity index (χ1n) is 10.2. The third-order valence-electron chi connectivity index (χ3n) is 6.51. The average Bonchev–Trinajstić information content (AvgIpc) is 3.51. The summed E-state index contributed by atoms with van der Waals surface area (Å²) in [7, 11) is 0. The summed E-state index contributed by atoms with van der Waals surface area (Å²) in [6, 6.07) is 12.5. The second kappa shape index (κ2) is 7.76. The molecule has 1 amide bonds. The third-order valence-corrected chi connectivity index (χ3v) is 7.14. The smallest absolute Gasteiger partial charge is 0.257 e. The van der Waals surface area contributed by atoms with E-state index in [0.29, 0.717) is 11.5 Å². The second-order valence-electron chi connectivity index (χ2n) is 8.39. The number of benzene rings is 1. The Morgan fingerprint density at radius 2 is 2.10 bits per heavy atom. The molecule has 2 aromatic heterocycles. The van der Waals surface area contributed by atoms with Gasteiger partial charge in [0.15, 0.2) is 0 Å². The molecule has 6 heteroatoms. The number of fused-ring (bicyclic) bond motifs is 1. The molecule has 2 aliphatic rings. The van der Waals surface area contributed by atoms with Crippen LogP contribution in [0.25, 0.3) is 0 Å². The number of furan rings is 1. The van der Waals surface area contributed by atoms with Crippen LogP contribution in [0, 0.1) is 11.3 Å². The van der Waals surface area contributed by atoms with Crippen molar-refractivity contribution in [3.63, 3.8) is 0 Å². The highest BCUT2D eigenvalue weighted by Gasteiger charge is 2.52. The fraction of sp³-hybridized carbons (Fsp3) is 0.391. The number of amides is 1. The number of likely N-dealkylation sites (tertiary alicyclic amines) is 2. The highest BCUT2D eigenvalue weighted by molar-refractivity contribution is 7.07. The summed E-state index contributed by atoms with van der Waals surface area (Å²) < 4.78 is 5.13. The van der Waals surface area contributed by atoms with Gasteiger partial charge in [0.1, 0.15) is 6.26 Å². The van der Waals surface area contributed by atoms with Crippen molar-refractivity contribution < 1.29 is 9.21 Å². The molecule has 2 saturated heterocycles. The van der Waals surface area contributed by atoms with Gasteiger partial charge in [0.25, 0.3) is 5.91 Å². The summed E-state index contributed by atoms with van der Waals surface area (Å²) in [5.74, 6) is 0.596. The Kier molecular flexibility index (Phi) is 4.97. The minimum atomic E-state index is 0.0956. The van der Waals surface area contributed by atoms with Gasteiger partial charge in [-0.3, -0.25) is 9.69 Å². The zero-order valence-electron chi connectivity index (χ0n) is 16.4. The molecule has 0 saturated carbocycles. The molecule has 0 radical (unpaired) electrons. The number of carbonyl (C=O) groups excluding carboxylic acids is 1. The summed E-state index contributed by atoms with van der Waals surface area (Å²) in [6.45, 7) is 4.61. The van der Waals surface area contributed by atoms with Gasteiger partial charge < -0.3 is 9.32 Å². The highest BCUT2D eigenvalue weighted by Crippen LogP contribution is 2.46. The number of thiazole rings is 1. The summed E-state index contributed by atoms with van der Waals surface area (Å²) in [6.07, 6.45) is 5.28. The molecule has 2 atom stereocenters. The van der Waals surface area contributed by atoms with Gasteiger partial charge in [-0.25, -0.2) is 4.98 Å². The zero-order valence-corrected chi connectivity index (χ0v) is 17.2. The van der Waals surface area contributed by atoms with E-state index in [1.54, 1.807) is 29.9 Å². The molecule has 150 valence electrons. The lowest BCUT2D eigenvalue weighted by atomic mass is 9.76. The fourth-order valence-corrected chi connectivity index (χ4v) is 5.62. The van der Waals surface area contributed by atoms with E-state index < -0.39 is 0 Å². The standard InChI is InChI=1S/C23H25N3O2S/c27-22(19-7-9-28-13-19)26-11-20-10-25(12-21-14-29-17-24-21)15-23(20,16-26)8-6-18-4-2-1-3-5-18/h1-5,7,9,13-14,17,20H,6,8,10-12,15-16H2/t20-,23+/m0/s1. The van der Waals surface area contributed by atoms with Gasteiger partial charge in [0.05, 0.1) is 23.0 Å². The molecule has 0 N–H and O–H groups in total. The molecule has 0 aliphatic carbocycles. The van der Waals surface area contributed by atoms with Crippen molar-refractivity contribution in [1.82, 2.24) is 14.8 Å². The minimum Gasteiger partial charge on any atom is -0.472 e. The van der Waals surface area contributed by atoms with E-state index >= 15 is 0 Å². The van der Waals surface area contributed by atoms with Gasteiger partial charge in [-0.05, 0) is 30.4 Å². The van der Waals surface area contributed by atoms with Crippen molar-refractivity contribution in [2.45, 2.75) is 19.4 Å². The second-order valence-corrected chi connectivity index (χ2v) is 9.11. The van der Waals surface area contributed by atoms with Gasteiger partial charge in [0.2, 0.25) is 0 Å². The third kappa shape index (κ3) is 3.74. The van der Waals surface area contributed by atoms with Crippen LogP contribution in [0.3, 0.4) is 0 Å². The monoisotopic (exact) mass is 407 g/mol. The first kappa shape index (κ1) is 18.6. The number of carbonyl (C=O) groups is 1. The Bertz CT molecular complexity index is 942. The van der Waals surface area contributed by atoms with Crippen molar-refractivity contribution in [3.8, 4) is 0 Å². The molecule has 5 rings (SSSR count). The molecule has 29 heavy (non-hydrogen) atoms. The number of hydrogen-bond donors (Lipinski definition) is 0. The van der Waals surface area contributed by atoms with E-state index in [1.165, 1.54) is 5.56 Å². The average molecular weight is 408 g/mol. The van der Waals surface area contributed by atoms with Crippen LogP contribution >= 0.6 is 11.3 Å². The van der Waals surface area contributed by atoms with Crippen LogP contribution < -0.4 is 0 Å². The lowest BCUT2D eigenvalue weighted by molar-refractivity contribution is 0.0754. The van der Waals surface area contributed by atoms with Gasteiger partial charge in [-0.1, -0.05) is 30.3 Å². The van der Waals surface area contributed by atoms with E-state index in [2.05, 4.69) is 45.6 Å². The summed E-state index contributed by atoms with van der Waals surface area (Å²) >= 11 is 1.65. The van der Waals surface area contributed by atoms with Crippen LogP contribution in [0.2, 0.25) is 0 Å². The number of rotatable bonds is 6. The van der Waals surface area contributed by atoms with Crippen LogP contribution in [-0.2, 0) is 13.0 Å². The topological polar surface area (TPSA) is 49.6 Å². The Labute approximate surface area is 175 Å². The molecule has 2 fully saturated rings. The predicted octanol–water partition coefficient (Wildman–Crippen LogP) is 3.94. The Morgan fingerprint density at radius 1 is 1.21 bits per heavy atom. The van der Waals surface area contributed by atoms with E-state index in [1.807, 2.05) is 10.4 Å². The number of aromatic nitrogens is 1. The molecule has 1 aromatic carbocycles. The van der Waals surface area contributed by atoms with E-state index in [0.717, 1.165) is 51.3 Å². The fourth-order valence-electron chi connectivity index (χ4n) is 5.07. The van der Waals surface area contributed by atoms with Crippen LogP contribution in [0.15, 0.2) is 64.2 Å². The first-order chi connectivity index (χ1) is 14.2. The minimum absolute atomic E-state index is 0.0956. The van der Waals surface area contributed by atoms with Crippen molar-refractivity contribution in [3.05, 3.63) is 76.6 Å². The molecule has 0 unspecified atom stereocenters. The summed E-state index contributed by atoms with van der Waals surface area (Å²) in [5.41, 5.74) is 5.23. The summed E-state index contributed by atoms with van der Waals surface area (Å²) in [4.78, 5) is 22.0. The lowest BCUT2D eigenvalue weighted by Gasteiger charge is -2.29. The largest absolute Gasteiger partial charge is 0.472 e. The molecule has 2 aliphatic heterocycles.